The van der Waals surface area contributed by atoms with Crippen LogP contribution in [0.3, 0.4) is 0 Å². The highest BCUT2D eigenvalue weighted by atomic mass is 32.1. The normalized spacial score (nSPS) is 20.1. The van der Waals surface area contributed by atoms with Gasteiger partial charge in [0, 0.05) is 30.3 Å². The van der Waals surface area contributed by atoms with Gasteiger partial charge in [-0.2, -0.15) is 0 Å². The highest BCUT2D eigenvalue weighted by molar-refractivity contribution is 7.18. The largest absolute Gasteiger partial charge is 0.301 e. The molecular formula is C21H25N3OS. The number of hydrogen-bond donors (Lipinski definition) is 0. The van der Waals surface area contributed by atoms with Gasteiger partial charge in [-0.15, -0.1) is 11.3 Å². The van der Waals surface area contributed by atoms with Gasteiger partial charge in [-0.3, -0.25) is 9.36 Å². The van der Waals surface area contributed by atoms with Crippen LogP contribution >= 0.6 is 11.3 Å². The Labute approximate surface area is 158 Å². The van der Waals surface area contributed by atoms with Crippen molar-refractivity contribution >= 4 is 21.6 Å². The van der Waals surface area contributed by atoms with E-state index in [0.29, 0.717) is 18.0 Å². The number of rotatable bonds is 4. The lowest BCUT2D eigenvalue weighted by atomic mass is 9.79. The molecule has 0 saturated heterocycles. The molecule has 1 aliphatic carbocycles. The first-order valence-corrected chi connectivity index (χ1v) is 10.1. The number of fused-ring (bicyclic) bond motifs is 1. The molecule has 0 spiro atoms. The number of benzene rings is 1. The lowest BCUT2D eigenvalue weighted by Gasteiger charge is -2.42. The summed E-state index contributed by atoms with van der Waals surface area (Å²) in [6.45, 7) is 6.50. The Bertz CT molecular complexity index is 998. The smallest absolute Gasteiger partial charge is 0.255 e. The molecular weight excluding hydrogens is 342 g/mol. The summed E-state index contributed by atoms with van der Waals surface area (Å²) in [5, 5.41) is 1.24. The minimum atomic E-state index is -0.00162. The van der Waals surface area contributed by atoms with Crippen molar-refractivity contribution in [3.05, 3.63) is 57.5 Å². The Morgan fingerprint density at radius 1 is 1.23 bits per heavy atom. The summed E-state index contributed by atoms with van der Waals surface area (Å²) in [6.07, 6.45) is 4.28. The quantitative estimate of drug-likeness (QED) is 0.688. The third-order valence-corrected chi connectivity index (χ3v) is 6.76. The molecule has 0 radical (unpaired) electrons. The average molecular weight is 368 g/mol. The van der Waals surface area contributed by atoms with E-state index in [0.717, 1.165) is 21.5 Å². The van der Waals surface area contributed by atoms with Gasteiger partial charge < -0.3 is 4.90 Å². The van der Waals surface area contributed by atoms with E-state index in [1.54, 1.807) is 22.0 Å². The fraction of sp³-hybridized carbons (Fsp3) is 0.429. The van der Waals surface area contributed by atoms with E-state index in [9.17, 15) is 4.79 Å². The van der Waals surface area contributed by atoms with Gasteiger partial charge in [0.1, 0.15) is 0 Å². The first-order valence-electron chi connectivity index (χ1n) is 9.24. The number of aromatic nitrogens is 2. The second kappa shape index (κ2) is 6.63. The Morgan fingerprint density at radius 2 is 2.00 bits per heavy atom. The lowest BCUT2D eigenvalue weighted by Crippen LogP contribution is -2.44. The highest BCUT2D eigenvalue weighted by Gasteiger charge is 2.35. The minimum Gasteiger partial charge on any atom is -0.301 e. The maximum absolute atomic E-state index is 12.2. The summed E-state index contributed by atoms with van der Waals surface area (Å²) in [6, 6.07) is 10.9. The van der Waals surface area contributed by atoms with Crippen LogP contribution in [0.4, 0.5) is 0 Å². The fourth-order valence-electron chi connectivity index (χ4n) is 3.59. The van der Waals surface area contributed by atoms with Crippen molar-refractivity contribution in [3.63, 3.8) is 0 Å². The molecule has 0 bridgehead atoms. The van der Waals surface area contributed by atoms with Crippen LogP contribution in [0.15, 0.2) is 41.3 Å². The summed E-state index contributed by atoms with van der Waals surface area (Å²) < 4.78 is 2.87. The zero-order valence-electron chi connectivity index (χ0n) is 15.8. The Hall–Kier alpha value is -1.98. The molecule has 4 rings (SSSR count). The molecule has 1 aromatic carbocycles. The molecule has 3 aromatic rings. The molecule has 0 unspecified atom stereocenters. The first-order chi connectivity index (χ1) is 12.4. The van der Waals surface area contributed by atoms with Crippen LogP contribution in [0, 0.1) is 6.92 Å². The van der Waals surface area contributed by atoms with E-state index < -0.39 is 0 Å². The van der Waals surface area contributed by atoms with Crippen LogP contribution in [0.5, 0.6) is 0 Å². The van der Waals surface area contributed by atoms with Gasteiger partial charge in [0.15, 0.2) is 0 Å². The van der Waals surface area contributed by atoms with E-state index in [2.05, 4.69) is 31.9 Å². The van der Waals surface area contributed by atoms with E-state index in [4.69, 9.17) is 4.98 Å². The van der Waals surface area contributed by atoms with Gasteiger partial charge in [-0.25, -0.2) is 4.98 Å². The predicted octanol–water partition coefficient (Wildman–Crippen LogP) is 4.34. The molecule has 0 N–H and O–H groups in total. The molecule has 0 atom stereocenters. The van der Waals surface area contributed by atoms with E-state index in [-0.39, 0.29) is 5.56 Å². The number of aryl methyl sites for hydroxylation is 1. The molecule has 5 heteroatoms. The predicted molar refractivity (Wildman–Crippen MR) is 109 cm³/mol. The molecule has 2 aromatic heterocycles. The van der Waals surface area contributed by atoms with Gasteiger partial charge >= 0.3 is 0 Å². The first kappa shape index (κ1) is 17.4. The topological polar surface area (TPSA) is 38.1 Å². The van der Waals surface area contributed by atoms with Gasteiger partial charge in [-0.05, 0) is 64.4 Å². The third kappa shape index (κ3) is 3.10. The molecule has 1 fully saturated rings. The van der Waals surface area contributed by atoms with Crippen LogP contribution < -0.4 is 5.56 Å². The van der Waals surface area contributed by atoms with Crippen molar-refractivity contribution in [1.82, 2.24) is 14.5 Å². The summed E-state index contributed by atoms with van der Waals surface area (Å²) in [5.74, 6) is 0.573. The van der Waals surface area contributed by atoms with Crippen molar-refractivity contribution < 1.29 is 0 Å². The number of nitrogens with zero attached hydrogens (tertiary/aromatic N) is 3. The van der Waals surface area contributed by atoms with Crippen molar-refractivity contribution in [1.29, 1.82) is 0 Å². The molecule has 4 nitrogen and oxygen atoms in total. The molecule has 0 amide bonds. The van der Waals surface area contributed by atoms with Gasteiger partial charge in [0.2, 0.25) is 0 Å². The van der Waals surface area contributed by atoms with Crippen molar-refractivity contribution in [3.8, 4) is 5.69 Å². The third-order valence-electron chi connectivity index (χ3n) is 5.58. The Balaban J connectivity index is 1.59. The Morgan fingerprint density at radius 3 is 2.73 bits per heavy atom. The molecule has 1 saturated carbocycles. The SMILES string of the molecule is Cc1ccc(=O)n(-c2ccc3nc([C@H]4C[C@H](N(C)C(C)C)C4)sc3c2)c1. The summed E-state index contributed by atoms with van der Waals surface area (Å²) in [4.78, 5) is 19.5. The van der Waals surface area contributed by atoms with Crippen LogP contribution in [-0.2, 0) is 0 Å². The number of thiazole rings is 1. The minimum absolute atomic E-state index is 0.00162. The van der Waals surface area contributed by atoms with E-state index in [1.165, 1.54) is 17.8 Å². The molecule has 0 aliphatic heterocycles. The highest BCUT2D eigenvalue weighted by Crippen LogP contribution is 2.42. The lowest BCUT2D eigenvalue weighted by molar-refractivity contribution is 0.108. The van der Waals surface area contributed by atoms with Gasteiger partial charge in [0.05, 0.1) is 20.9 Å². The van der Waals surface area contributed by atoms with Crippen LogP contribution in [-0.4, -0.2) is 33.6 Å². The number of hydrogen-bond acceptors (Lipinski definition) is 4. The fourth-order valence-corrected chi connectivity index (χ4v) is 4.72. The Kier molecular flexibility index (Phi) is 4.45. The molecule has 1 aliphatic rings. The van der Waals surface area contributed by atoms with Gasteiger partial charge in [0.25, 0.3) is 5.56 Å². The monoisotopic (exact) mass is 367 g/mol. The second-order valence-electron chi connectivity index (χ2n) is 7.70. The van der Waals surface area contributed by atoms with Crippen molar-refractivity contribution in [2.75, 3.05) is 7.05 Å². The van der Waals surface area contributed by atoms with Crippen LogP contribution in [0.25, 0.3) is 15.9 Å². The summed E-state index contributed by atoms with van der Waals surface area (Å²) in [7, 11) is 2.22. The van der Waals surface area contributed by atoms with Crippen molar-refractivity contribution in [2.45, 2.75) is 51.6 Å². The standard InChI is InChI=1S/C21H25N3OS/c1-13(2)23(4)17-9-15(10-17)21-22-18-7-6-16(11-19(18)26-21)24-12-14(3)5-8-20(24)25/h5-8,11-13,15,17H,9-10H2,1-4H3/t15-,17-. The van der Waals surface area contributed by atoms with Gasteiger partial charge in [-0.1, -0.05) is 6.07 Å². The maximum atomic E-state index is 12.2. The number of pyridine rings is 1. The van der Waals surface area contributed by atoms with Crippen LogP contribution in [0.2, 0.25) is 0 Å². The second-order valence-corrected chi connectivity index (χ2v) is 8.76. The molecule has 26 heavy (non-hydrogen) atoms. The molecule has 136 valence electrons. The molecule has 2 heterocycles. The van der Waals surface area contributed by atoms with E-state index >= 15 is 0 Å². The van der Waals surface area contributed by atoms with Crippen molar-refractivity contribution in [2.24, 2.45) is 0 Å². The summed E-state index contributed by atoms with van der Waals surface area (Å²) in [5.41, 5.74) is 3.02. The zero-order chi connectivity index (χ0) is 18.4. The maximum Gasteiger partial charge on any atom is 0.255 e. The zero-order valence-corrected chi connectivity index (χ0v) is 16.6. The summed E-state index contributed by atoms with van der Waals surface area (Å²) >= 11 is 1.78. The average Bonchev–Trinajstić information content (AvgIpc) is 2.97. The van der Waals surface area contributed by atoms with Crippen LogP contribution in [0.1, 0.15) is 43.2 Å². The van der Waals surface area contributed by atoms with E-state index in [1.807, 2.05) is 31.3 Å².